The number of amides is 1. The summed E-state index contributed by atoms with van der Waals surface area (Å²) in [4.78, 5) is 24.7. The molecule has 1 aliphatic rings. The highest BCUT2D eigenvalue weighted by Crippen LogP contribution is 2.27. The minimum absolute atomic E-state index is 0.0193. The van der Waals surface area contributed by atoms with E-state index in [2.05, 4.69) is 10.2 Å². The number of aliphatic hydroxyl groups excluding tert-OH is 1. The average Bonchev–Trinajstić information content (AvgIpc) is 2.93. The van der Waals surface area contributed by atoms with Gasteiger partial charge in [-0.3, -0.25) is 20.0 Å². The summed E-state index contributed by atoms with van der Waals surface area (Å²) in [5, 5.41) is 27.8. The highest BCUT2D eigenvalue weighted by atomic mass is 16.6. The Kier molecular flexibility index (Phi) is 5.70. The number of aryl methyl sites for hydroxylation is 1. The second-order valence-electron chi connectivity index (χ2n) is 6.20. The lowest BCUT2D eigenvalue weighted by atomic mass is 9.86. The van der Waals surface area contributed by atoms with Crippen LogP contribution in [0.5, 0.6) is 0 Å². The number of rotatable bonds is 6. The Balaban J connectivity index is 2.14. The van der Waals surface area contributed by atoms with Crippen LogP contribution in [0.4, 0.5) is 5.69 Å². The van der Waals surface area contributed by atoms with Crippen molar-refractivity contribution in [2.24, 2.45) is 5.92 Å². The minimum atomic E-state index is -0.551. The lowest BCUT2D eigenvalue weighted by Crippen LogP contribution is -2.38. The van der Waals surface area contributed by atoms with Crippen molar-refractivity contribution in [3.8, 4) is 0 Å². The van der Waals surface area contributed by atoms with Gasteiger partial charge in [0.15, 0.2) is 0 Å². The first-order valence-electron chi connectivity index (χ1n) is 8.10. The van der Waals surface area contributed by atoms with Gasteiger partial charge in [-0.15, -0.1) is 0 Å². The fourth-order valence-corrected chi connectivity index (χ4v) is 3.16. The van der Waals surface area contributed by atoms with Crippen molar-refractivity contribution in [3.63, 3.8) is 0 Å². The predicted molar refractivity (Wildman–Crippen MR) is 84.2 cm³/mol. The van der Waals surface area contributed by atoms with E-state index in [0.717, 1.165) is 32.1 Å². The molecular formula is C15H24N4O4. The van der Waals surface area contributed by atoms with E-state index >= 15 is 0 Å². The number of carbonyl (C=O) groups is 1. The lowest BCUT2D eigenvalue weighted by Gasteiger charge is -2.30. The molecule has 0 saturated heterocycles. The number of hydrogen-bond acceptors (Lipinski definition) is 5. The van der Waals surface area contributed by atoms with Crippen LogP contribution in [0, 0.1) is 16.0 Å². The SMILES string of the molecule is CCCc1[nH]nc(C(=O)N(C)CC2CCCCC2O)c1[N+](=O)[O-]. The standard InChI is InChI=1S/C15H24N4O4/c1-3-6-11-14(19(22)23)13(17-16-11)15(21)18(2)9-10-7-4-5-8-12(10)20/h10,12,20H,3-9H2,1-2H3,(H,16,17). The number of nitrogens with zero attached hydrogens (tertiary/aromatic N) is 3. The Morgan fingerprint density at radius 2 is 2.17 bits per heavy atom. The molecule has 1 aromatic heterocycles. The summed E-state index contributed by atoms with van der Waals surface area (Å²) in [5.41, 5.74) is 0.00564. The van der Waals surface area contributed by atoms with Gasteiger partial charge in [-0.25, -0.2) is 0 Å². The number of hydrogen-bond donors (Lipinski definition) is 2. The smallest absolute Gasteiger partial charge is 0.322 e. The molecule has 1 amide bonds. The molecule has 0 bridgehead atoms. The first-order valence-corrected chi connectivity index (χ1v) is 8.10. The Morgan fingerprint density at radius 1 is 1.48 bits per heavy atom. The summed E-state index contributed by atoms with van der Waals surface area (Å²) in [5.74, 6) is -0.459. The van der Waals surface area contributed by atoms with Crippen molar-refractivity contribution < 1.29 is 14.8 Å². The molecule has 1 aliphatic carbocycles. The number of H-pyrrole nitrogens is 1. The van der Waals surface area contributed by atoms with Crippen LogP contribution in [0.3, 0.4) is 0 Å². The van der Waals surface area contributed by atoms with E-state index in [9.17, 15) is 20.0 Å². The molecule has 2 rings (SSSR count). The maximum absolute atomic E-state index is 12.5. The molecule has 0 radical (unpaired) electrons. The maximum atomic E-state index is 12.5. The fourth-order valence-electron chi connectivity index (χ4n) is 3.16. The van der Waals surface area contributed by atoms with Gasteiger partial charge < -0.3 is 10.0 Å². The first kappa shape index (κ1) is 17.4. The zero-order valence-corrected chi connectivity index (χ0v) is 13.6. The Hall–Kier alpha value is -1.96. The van der Waals surface area contributed by atoms with E-state index in [-0.39, 0.29) is 17.3 Å². The molecule has 8 heteroatoms. The molecule has 0 aromatic carbocycles. The van der Waals surface area contributed by atoms with Gasteiger partial charge in [-0.2, -0.15) is 5.10 Å². The van der Waals surface area contributed by atoms with Gasteiger partial charge in [0.1, 0.15) is 5.69 Å². The van der Waals surface area contributed by atoms with Crippen molar-refractivity contribution in [1.82, 2.24) is 15.1 Å². The second kappa shape index (κ2) is 7.54. The molecule has 2 unspecified atom stereocenters. The van der Waals surface area contributed by atoms with E-state index in [1.165, 1.54) is 4.90 Å². The van der Waals surface area contributed by atoms with Crippen LogP contribution >= 0.6 is 0 Å². The largest absolute Gasteiger partial charge is 0.393 e. The molecule has 0 spiro atoms. The third-order valence-corrected chi connectivity index (χ3v) is 4.42. The summed E-state index contributed by atoms with van der Waals surface area (Å²) in [7, 11) is 1.60. The van der Waals surface area contributed by atoms with E-state index in [0.29, 0.717) is 18.7 Å². The molecule has 8 nitrogen and oxygen atoms in total. The van der Waals surface area contributed by atoms with Gasteiger partial charge in [0.25, 0.3) is 5.91 Å². The molecule has 1 aromatic rings. The van der Waals surface area contributed by atoms with Gasteiger partial charge in [-0.05, 0) is 19.3 Å². The monoisotopic (exact) mass is 324 g/mol. The molecule has 2 N–H and O–H groups in total. The van der Waals surface area contributed by atoms with Crippen LogP contribution in [0.15, 0.2) is 0 Å². The molecule has 1 saturated carbocycles. The summed E-state index contributed by atoms with van der Waals surface area (Å²) in [6, 6.07) is 0. The molecule has 128 valence electrons. The quantitative estimate of drug-likeness (QED) is 0.613. The second-order valence-corrected chi connectivity index (χ2v) is 6.20. The minimum Gasteiger partial charge on any atom is -0.393 e. The number of aromatic nitrogens is 2. The normalized spacial score (nSPS) is 21.2. The van der Waals surface area contributed by atoms with Crippen molar-refractivity contribution >= 4 is 11.6 Å². The van der Waals surface area contributed by atoms with Crippen LogP contribution in [0.1, 0.15) is 55.2 Å². The average molecular weight is 324 g/mol. The molecule has 23 heavy (non-hydrogen) atoms. The Bertz CT molecular complexity index is 572. The number of carbonyl (C=O) groups excluding carboxylic acids is 1. The zero-order valence-electron chi connectivity index (χ0n) is 13.6. The van der Waals surface area contributed by atoms with E-state index in [4.69, 9.17) is 0 Å². The van der Waals surface area contributed by atoms with Crippen LogP contribution in [-0.2, 0) is 6.42 Å². The van der Waals surface area contributed by atoms with Crippen LogP contribution in [-0.4, -0.2) is 50.7 Å². The Morgan fingerprint density at radius 3 is 2.78 bits per heavy atom. The third-order valence-electron chi connectivity index (χ3n) is 4.42. The number of nitrogens with one attached hydrogen (secondary N) is 1. The predicted octanol–water partition coefficient (Wildman–Crippen LogP) is 1.89. The van der Waals surface area contributed by atoms with Crippen molar-refractivity contribution in [2.75, 3.05) is 13.6 Å². The van der Waals surface area contributed by atoms with E-state index in [1.54, 1.807) is 7.05 Å². The highest BCUT2D eigenvalue weighted by Gasteiger charge is 2.32. The van der Waals surface area contributed by atoms with Gasteiger partial charge in [0.05, 0.1) is 11.0 Å². The Labute approximate surface area is 135 Å². The molecule has 1 fully saturated rings. The van der Waals surface area contributed by atoms with Crippen molar-refractivity contribution in [3.05, 3.63) is 21.5 Å². The molecule has 2 atom stereocenters. The number of aromatic amines is 1. The van der Waals surface area contributed by atoms with Gasteiger partial charge >= 0.3 is 5.69 Å². The molecular weight excluding hydrogens is 300 g/mol. The third kappa shape index (κ3) is 3.87. The van der Waals surface area contributed by atoms with Gasteiger partial charge in [-0.1, -0.05) is 26.2 Å². The van der Waals surface area contributed by atoms with Gasteiger partial charge in [0.2, 0.25) is 5.69 Å². The van der Waals surface area contributed by atoms with Crippen LogP contribution in [0.25, 0.3) is 0 Å². The summed E-state index contributed by atoms with van der Waals surface area (Å²) < 4.78 is 0. The van der Waals surface area contributed by atoms with E-state index < -0.39 is 16.9 Å². The van der Waals surface area contributed by atoms with Crippen LogP contribution in [0.2, 0.25) is 0 Å². The summed E-state index contributed by atoms with van der Waals surface area (Å²) in [6.07, 6.45) is 4.43. The van der Waals surface area contributed by atoms with Crippen molar-refractivity contribution in [2.45, 2.75) is 51.6 Å². The molecule has 0 aliphatic heterocycles. The van der Waals surface area contributed by atoms with Crippen molar-refractivity contribution in [1.29, 1.82) is 0 Å². The fraction of sp³-hybridized carbons (Fsp3) is 0.733. The first-order chi connectivity index (χ1) is 11.0. The summed E-state index contributed by atoms with van der Waals surface area (Å²) >= 11 is 0. The zero-order chi connectivity index (χ0) is 17.0. The van der Waals surface area contributed by atoms with Gasteiger partial charge in [0, 0.05) is 19.5 Å². The number of aliphatic hydroxyl groups is 1. The topological polar surface area (TPSA) is 112 Å². The van der Waals surface area contributed by atoms with E-state index in [1.807, 2.05) is 6.92 Å². The maximum Gasteiger partial charge on any atom is 0.322 e. The number of nitro groups is 1. The molecule has 1 heterocycles. The lowest BCUT2D eigenvalue weighted by molar-refractivity contribution is -0.385. The summed E-state index contributed by atoms with van der Waals surface area (Å²) in [6.45, 7) is 2.29. The van der Waals surface area contributed by atoms with Crippen LogP contribution < -0.4 is 0 Å². The highest BCUT2D eigenvalue weighted by molar-refractivity contribution is 5.96.